The lowest BCUT2D eigenvalue weighted by Gasteiger charge is -2.35. The van der Waals surface area contributed by atoms with E-state index in [9.17, 15) is 9.90 Å². The summed E-state index contributed by atoms with van der Waals surface area (Å²) in [6.45, 7) is 5.96. The van der Waals surface area contributed by atoms with Gasteiger partial charge in [-0.3, -0.25) is 0 Å². The van der Waals surface area contributed by atoms with Gasteiger partial charge in [-0.15, -0.1) is 0 Å². The minimum atomic E-state index is -0.930. The summed E-state index contributed by atoms with van der Waals surface area (Å²) >= 11 is 0. The van der Waals surface area contributed by atoms with Gasteiger partial charge < -0.3 is 15.7 Å². The lowest BCUT2D eigenvalue weighted by atomic mass is 9.98. The zero-order valence-corrected chi connectivity index (χ0v) is 13.4. The Morgan fingerprint density at radius 3 is 2.45 bits per heavy atom. The fraction of sp³-hybridized carbons (Fsp3) is 0.389. The zero-order valence-electron chi connectivity index (χ0n) is 13.4. The predicted octanol–water partition coefficient (Wildman–Crippen LogP) is 3.49. The average molecular weight is 300 g/mol. The van der Waals surface area contributed by atoms with Crippen molar-refractivity contribution < 1.29 is 9.90 Å². The molecule has 0 aromatic heterocycles. The van der Waals surface area contributed by atoms with Gasteiger partial charge in [-0.25, -0.2) is 4.79 Å². The summed E-state index contributed by atoms with van der Waals surface area (Å²) < 4.78 is 0. The maximum atomic E-state index is 11.4. The SMILES string of the molecule is CC(C)(C)N(C[C@H](N)Cc1cccc2ccccc12)C(=O)O. The summed E-state index contributed by atoms with van der Waals surface area (Å²) in [6.07, 6.45) is -0.276. The first-order valence-corrected chi connectivity index (χ1v) is 7.52. The number of nitrogens with two attached hydrogens (primary N) is 1. The molecule has 0 radical (unpaired) electrons. The molecule has 0 spiro atoms. The summed E-state index contributed by atoms with van der Waals surface area (Å²) in [4.78, 5) is 12.8. The number of carbonyl (C=O) groups is 1. The van der Waals surface area contributed by atoms with Crippen LogP contribution < -0.4 is 5.73 Å². The zero-order chi connectivity index (χ0) is 16.3. The van der Waals surface area contributed by atoms with E-state index in [4.69, 9.17) is 5.73 Å². The predicted molar refractivity (Wildman–Crippen MR) is 90.1 cm³/mol. The van der Waals surface area contributed by atoms with Gasteiger partial charge >= 0.3 is 6.09 Å². The molecule has 0 bridgehead atoms. The lowest BCUT2D eigenvalue weighted by molar-refractivity contribution is 0.0960. The van der Waals surface area contributed by atoms with Gasteiger partial charge in [0, 0.05) is 18.1 Å². The van der Waals surface area contributed by atoms with E-state index >= 15 is 0 Å². The van der Waals surface area contributed by atoms with Crippen molar-refractivity contribution in [1.82, 2.24) is 4.90 Å². The van der Waals surface area contributed by atoms with E-state index in [1.54, 1.807) is 0 Å². The van der Waals surface area contributed by atoms with Crippen LogP contribution in [0.1, 0.15) is 26.3 Å². The van der Waals surface area contributed by atoms with E-state index in [1.165, 1.54) is 15.7 Å². The van der Waals surface area contributed by atoms with Crippen molar-refractivity contribution in [3.63, 3.8) is 0 Å². The van der Waals surface area contributed by atoms with Crippen molar-refractivity contribution in [1.29, 1.82) is 0 Å². The monoisotopic (exact) mass is 300 g/mol. The van der Waals surface area contributed by atoms with Crippen molar-refractivity contribution in [3.05, 3.63) is 48.0 Å². The van der Waals surface area contributed by atoms with E-state index in [2.05, 4.69) is 24.3 Å². The van der Waals surface area contributed by atoms with Crippen molar-refractivity contribution in [2.75, 3.05) is 6.54 Å². The second-order valence-electron chi connectivity index (χ2n) is 6.67. The number of hydrogen-bond donors (Lipinski definition) is 2. The molecule has 0 heterocycles. The molecular weight excluding hydrogens is 276 g/mol. The summed E-state index contributed by atoms with van der Waals surface area (Å²) in [7, 11) is 0. The van der Waals surface area contributed by atoms with Crippen LogP contribution in [0.5, 0.6) is 0 Å². The minimum Gasteiger partial charge on any atom is -0.465 e. The largest absolute Gasteiger partial charge is 0.465 e. The molecule has 0 aliphatic rings. The fourth-order valence-electron chi connectivity index (χ4n) is 2.69. The van der Waals surface area contributed by atoms with Gasteiger partial charge in [0.05, 0.1) is 0 Å². The number of carboxylic acid groups (broad SMARTS) is 1. The van der Waals surface area contributed by atoms with Crippen molar-refractivity contribution >= 4 is 16.9 Å². The first kappa shape index (κ1) is 16.3. The molecule has 0 saturated carbocycles. The molecule has 118 valence electrons. The molecule has 0 saturated heterocycles. The summed E-state index contributed by atoms with van der Waals surface area (Å²) in [5, 5.41) is 11.7. The number of nitrogens with zero attached hydrogens (tertiary/aromatic N) is 1. The van der Waals surface area contributed by atoms with E-state index in [0.717, 1.165) is 5.56 Å². The molecule has 4 nitrogen and oxygen atoms in total. The Morgan fingerprint density at radius 2 is 1.82 bits per heavy atom. The normalized spacial score (nSPS) is 13.1. The lowest BCUT2D eigenvalue weighted by Crippen LogP contribution is -2.50. The highest BCUT2D eigenvalue weighted by molar-refractivity contribution is 5.85. The Kier molecular flexibility index (Phi) is 4.71. The fourth-order valence-corrected chi connectivity index (χ4v) is 2.69. The van der Waals surface area contributed by atoms with Crippen molar-refractivity contribution in [3.8, 4) is 0 Å². The molecule has 22 heavy (non-hydrogen) atoms. The van der Waals surface area contributed by atoms with Gasteiger partial charge in [0.15, 0.2) is 0 Å². The maximum Gasteiger partial charge on any atom is 0.407 e. The third-order valence-corrected chi connectivity index (χ3v) is 3.82. The van der Waals surface area contributed by atoms with Crippen LogP contribution in [0.25, 0.3) is 10.8 Å². The van der Waals surface area contributed by atoms with Crippen LogP contribution in [0.2, 0.25) is 0 Å². The van der Waals surface area contributed by atoms with Crippen LogP contribution in [-0.2, 0) is 6.42 Å². The van der Waals surface area contributed by atoms with Gasteiger partial charge in [0.25, 0.3) is 0 Å². The molecule has 2 rings (SSSR count). The Hall–Kier alpha value is -2.07. The molecule has 0 aliphatic heterocycles. The number of rotatable bonds is 4. The quantitative estimate of drug-likeness (QED) is 0.908. The van der Waals surface area contributed by atoms with E-state index in [-0.39, 0.29) is 6.04 Å². The third-order valence-electron chi connectivity index (χ3n) is 3.82. The summed E-state index contributed by atoms with van der Waals surface area (Å²) in [5.41, 5.74) is 6.93. The van der Waals surface area contributed by atoms with E-state index in [1.807, 2.05) is 39.0 Å². The van der Waals surface area contributed by atoms with Gasteiger partial charge in [-0.2, -0.15) is 0 Å². The number of amides is 1. The second-order valence-corrected chi connectivity index (χ2v) is 6.67. The highest BCUT2D eigenvalue weighted by Gasteiger charge is 2.27. The summed E-state index contributed by atoms with van der Waals surface area (Å²) in [6, 6.07) is 14.1. The molecule has 1 atom stereocenters. The highest BCUT2D eigenvalue weighted by atomic mass is 16.4. The first-order valence-electron chi connectivity index (χ1n) is 7.52. The Balaban J connectivity index is 2.17. The molecule has 0 fully saturated rings. The number of benzene rings is 2. The first-order chi connectivity index (χ1) is 10.3. The minimum absolute atomic E-state index is 0.235. The topological polar surface area (TPSA) is 66.6 Å². The highest BCUT2D eigenvalue weighted by Crippen LogP contribution is 2.20. The molecule has 3 N–H and O–H groups in total. The van der Waals surface area contributed by atoms with Crippen LogP contribution in [-0.4, -0.2) is 34.2 Å². The average Bonchev–Trinajstić information content (AvgIpc) is 2.44. The van der Waals surface area contributed by atoms with Gasteiger partial charge in [0.2, 0.25) is 0 Å². The van der Waals surface area contributed by atoms with Crippen LogP contribution in [0.3, 0.4) is 0 Å². The molecule has 1 amide bonds. The molecule has 0 aliphatic carbocycles. The standard InChI is InChI=1S/C18H24N2O2/c1-18(2,3)20(17(21)22)12-15(19)11-14-9-6-8-13-7-4-5-10-16(13)14/h4-10,15H,11-12,19H2,1-3H3,(H,21,22)/t15-/m1/s1. The Bertz CT molecular complexity index is 656. The molecule has 2 aromatic rings. The van der Waals surface area contributed by atoms with Crippen LogP contribution in [0.4, 0.5) is 4.79 Å². The van der Waals surface area contributed by atoms with Gasteiger partial charge in [-0.05, 0) is 43.5 Å². The van der Waals surface area contributed by atoms with Crippen LogP contribution >= 0.6 is 0 Å². The number of fused-ring (bicyclic) bond motifs is 1. The maximum absolute atomic E-state index is 11.4. The van der Waals surface area contributed by atoms with Crippen LogP contribution in [0.15, 0.2) is 42.5 Å². The summed E-state index contributed by atoms with van der Waals surface area (Å²) in [5.74, 6) is 0. The number of hydrogen-bond acceptors (Lipinski definition) is 2. The second kappa shape index (κ2) is 6.36. The van der Waals surface area contributed by atoms with E-state index in [0.29, 0.717) is 13.0 Å². The molecule has 2 aromatic carbocycles. The Labute approximate surface area is 131 Å². The van der Waals surface area contributed by atoms with Crippen molar-refractivity contribution in [2.45, 2.75) is 38.8 Å². The van der Waals surface area contributed by atoms with Crippen molar-refractivity contribution in [2.24, 2.45) is 5.73 Å². The Morgan fingerprint density at radius 1 is 1.18 bits per heavy atom. The smallest absolute Gasteiger partial charge is 0.407 e. The third kappa shape index (κ3) is 3.77. The van der Waals surface area contributed by atoms with Gasteiger partial charge in [-0.1, -0.05) is 42.5 Å². The van der Waals surface area contributed by atoms with Gasteiger partial charge in [0.1, 0.15) is 0 Å². The van der Waals surface area contributed by atoms with E-state index < -0.39 is 11.6 Å². The molecular formula is C18H24N2O2. The molecule has 4 heteroatoms. The van der Waals surface area contributed by atoms with Crippen LogP contribution in [0, 0.1) is 0 Å². The molecule has 0 unspecified atom stereocenters.